The first kappa shape index (κ1) is 14.1. The molecule has 0 bridgehead atoms. The molecular weight excluding hydrogens is 336 g/mol. The van der Waals surface area contributed by atoms with Crippen molar-refractivity contribution < 1.29 is 13.6 Å². The number of carbonyl (C=O) groups is 1. The van der Waals surface area contributed by atoms with Crippen molar-refractivity contribution in [2.75, 3.05) is 5.32 Å². The SMILES string of the molecule is CCc1ccc(C(=O)Nc2cc(F)c(Br)cc2F)s1. The highest BCUT2D eigenvalue weighted by Crippen LogP contribution is 2.25. The molecule has 0 atom stereocenters. The van der Waals surface area contributed by atoms with Crippen LogP contribution in [0, 0.1) is 11.6 Å². The Balaban J connectivity index is 2.21. The number of hydrogen-bond donors (Lipinski definition) is 1. The second-order valence-electron chi connectivity index (χ2n) is 3.82. The third kappa shape index (κ3) is 3.19. The molecule has 0 aliphatic rings. The molecule has 1 N–H and O–H groups in total. The fourth-order valence-electron chi connectivity index (χ4n) is 1.49. The molecule has 1 aromatic carbocycles. The molecule has 19 heavy (non-hydrogen) atoms. The lowest BCUT2D eigenvalue weighted by atomic mass is 10.3. The van der Waals surface area contributed by atoms with Crippen molar-refractivity contribution in [3.05, 3.63) is 50.1 Å². The van der Waals surface area contributed by atoms with E-state index in [1.807, 2.05) is 13.0 Å². The standard InChI is InChI=1S/C13H10BrF2NOS/c1-2-7-3-4-12(19-7)13(18)17-11-6-9(15)8(14)5-10(11)16/h3-6H,2H2,1H3,(H,17,18). The van der Waals surface area contributed by atoms with Crippen molar-refractivity contribution in [2.24, 2.45) is 0 Å². The fraction of sp³-hybridized carbons (Fsp3) is 0.154. The van der Waals surface area contributed by atoms with Crippen LogP contribution in [-0.2, 0) is 6.42 Å². The van der Waals surface area contributed by atoms with E-state index in [-0.39, 0.29) is 10.2 Å². The minimum absolute atomic E-state index is 0.0207. The average Bonchev–Trinajstić information content (AvgIpc) is 2.84. The third-order valence-electron chi connectivity index (χ3n) is 2.49. The molecule has 0 aliphatic carbocycles. The van der Waals surface area contributed by atoms with Gasteiger partial charge in [-0.15, -0.1) is 11.3 Å². The molecule has 6 heteroatoms. The first-order valence-electron chi connectivity index (χ1n) is 5.56. The second-order valence-corrected chi connectivity index (χ2v) is 5.84. The van der Waals surface area contributed by atoms with Crippen molar-refractivity contribution >= 4 is 38.9 Å². The van der Waals surface area contributed by atoms with E-state index in [2.05, 4.69) is 21.2 Å². The van der Waals surface area contributed by atoms with Crippen LogP contribution < -0.4 is 5.32 Å². The molecule has 2 rings (SSSR count). The van der Waals surface area contributed by atoms with Crippen molar-refractivity contribution in [3.63, 3.8) is 0 Å². The van der Waals surface area contributed by atoms with Gasteiger partial charge in [-0.25, -0.2) is 8.78 Å². The van der Waals surface area contributed by atoms with Crippen LogP contribution in [0.3, 0.4) is 0 Å². The largest absolute Gasteiger partial charge is 0.319 e. The number of halogens is 3. The Hall–Kier alpha value is -1.27. The zero-order valence-corrected chi connectivity index (χ0v) is 12.4. The quantitative estimate of drug-likeness (QED) is 0.809. The van der Waals surface area contributed by atoms with Crippen LogP contribution >= 0.6 is 27.3 Å². The van der Waals surface area contributed by atoms with E-state index in [4.69, 9.17) is 0 Å². The monoisotopic (exact) mass is 345 g/mol. The third-order valence-corrected chi connectivity index (χ3v) is 4.33. The zero-order chi connectivity index (χ0) is 14.0. The lowest BCUT2D eigenvalue weighted by Gasteiger charge is -2.06. The smallest absolute Gasteiger partial charge is 0.265 e. The number of rotatable bonds is 3. The van der Waals surface area contributed by atoms with Gasteiger partial charge in [0.15, 0.2) is 0 Å². The Bertz CT molecular complexity index is 627. The van der Waals surface area contributed by atoms with Crippen LogP contribution in [0.4, 0.5) is 14.5 Å². The molecule has 0 spiro atoms. The molecule has 1 heterocycles. The van der Waals surface area contributed by atoms with Gasteiger partial charge in [-0.2, -0.15) is 0 Å². The van der Waals surface area contributed by atoms with Gasteiger partial charge in [-0.1, -0.05) is 6.92 Å². The van der Waals surface area contributed by atoms with Gasteiger partial charge in [0.2, 0.25) is 0 Å². The van der Waals surface area contributed by atoms with Crippen molar-refractivity contribution in [1.29, 1.82) is 0 Å². The number of benzene rings is 1. The number of amides is 1. The lowest BCUT2D eigenvalue weighted by Crippen LogP contribution is -2.11. The maximum absolute atomic E-state index is 13.6. The van der Waals surface area contributed by atoms with Gasteiger partial charge in [-0.3, -0.25) is 4.79 Å². The van der Waals surface area contributed by atoms with E-state index in [1.165, 1.54) is 11.3 Å². The predicted octanol–water partition coefficient (Wildman–Crippen LogP) is 4.60. The van der Waals surface area contributed by atoms with E-state index in [9.17, 15) is 13.6 Å². The average molecular weight is 346 g/mol. The minimum atomic E-state index is -0.686. The summed E-state index contributed by atoms with van der Waals surface area (Å²) in [6.45, 7) is 1.98. The predicted molar refractivity (Wildman–Crippen MR) is 75.7 cm³/mol. The van der Waals surface area contributed by atoms with Crippen LogP contribution in [0.15, 0.2) is 28.7 Å². The fourth-order valence-corrected chi connectivity index (χ4v) is 2.65. The van der Waals surface area contributed by atoms with E-state index < -0.39 is 17.5 Å². The summed E-state index contributed by atoms with van der Waals surface area (Å²) >= 11 is 4.21. The van der Waals surface area contributed by atoms with Gasteiger partial charge in [0.25, 0.3) is 5.91 Å². The van der Waals surface area contributed by atoms with Crippen LogP contribution in [0.5, 0.6) is 0 Å². The highest BCUT2D eigenvalue weighted by atomic mass is 79.9. The molecular formula is C13H10BrF2NOS. The Labute approximate surface area is 121 Å². The Kier molecular flexibility index (Phi) is 4.31. The van der Waals surface area contributed by atoms with Gasteiger partial charge in [-0.05, 0) is 40.5 Å². The highest BCUT2D eigenvalue weighted by Gasteiger charge is 2.13. The van der Waals surface area contributed by atoms with Crippen LogP contribution in [-0.4, -0.2) is 5.91 Å². The van der Waals surface area contributed by atoms with Gasteiger partial charge >= 0.3 is 0 Å². The highest BCUT2D eigenvalue weighted by molar-refractivity contribution is 9.10. The van der Waals surface area contributed by atoms with Crippen LogP contribution in [0.2, 0.25) is 0 Å². The zero-order valence-electron chi connectivity index (χ0n) is 9.97. The molecule has 0 saturated carbocycles. The molecule has 100 valence electrons. The molecule has 2 aromatic rings. The first-order chi connectivity index (χ1) is 9.01. The Morgan fingerprint density at radius 3 is 2.68 bits per heavy atom. The molecule has 1 amide bonds. The minimum Gasteiger partial charge on any atom is -0.319 e. The number of carbonyl (C=O) groups excluding carboxylic acids is 1. The van der Waals surface area contributed by atoms with Gasteiger partial charge < -0.3 is 5.32 Å². The van der Waals surface area contributed by atoms with Crippen molar-refractivity contribution in [3.8, 4) is 0 Å². The van der Waals surface area contributed by atoms with E-state index in [0.717, 1.165) is 23.4 Å². The second kappa shape index (κ2) is 5.79. The summed E-state index contributed by atoms with van der Waals surface area (Å²) in [6, 6.07) is 5.45. The van der Waals surface area contributed by atoms with Crippen molar-refractivity contribution in [1.82, 2.24) is 0 Å². The lowest BCUT2D eigenvalue weighted by molar-refractivity contribution is 0.103. The molecule has 0 radical (unpaired) electrons. The maximum atomic E-state index is 13.6. The van der Waals surface area contributed by atoms with Crippen LogP contribution in [0.25, 0.3) is 0 Å². The summed E-state index contributed by atoms with van der Waals surface area (Å²) < 4.78 is 26.9. The number of hydrogen-bond acceptors (Lipinski definition) is 2. The van der Waals surface area contributed by atoms with Crippen LogP contribution in [0.1, 0.15) is 21.5 Å². The van der Waals surface area contributed by atoms with Gasteiger partial charge in [0.05, 0.1) is 15.0 Å². The van der Waals surface area contributed by atoms with E-state index in [0.29, 0.717) is 4.88 Å². The van der Waals surface area contributed by atoms with Gasteiger partial charge in [0.1, 0.15) is 11.6 Å². The summed E-state index contributed by atoms with van der Waals surface area (Å²) in [7, 11) is 0. The van der Waals surface area contributed by atoms with Gasteiger partial charge in [0, 0.05) is 10.9 Å². The van der Waals surface area contributed by atoms with Crippen molar-refractivity contribution in [2.45, 2.75) is 13.3 Å². The Morgan fingerprint density at radius 1 is 1.32 bits per heavy atom. The maximum Gasteiger partial charge on any atom is 0.265 e. The molecule has 1 aromatic heterocycles. The molecule has 0 unspecified atom stereocenters. The first-order valence-corrected chi connectivity index (χ1v) is 7.16. The molecule has 0 fully saturated rings. The van der Waals surface area contributed by atoms with E-state index in [1.54, 1.807) is 6.07 Å². The Morgan fingerprint density at radius 2 is 2.05 bits per heavy atom. The summed E-state index contributed by atoms with van der Waals surface area (Å²) in [5, 5.41) is 2.37. The molecule has 0 aliphatic heterocycles. The normalized spacial score (nSPS) is 10.5. The summed E-state index contributed by atoms with van der Waals surface area (Å²) in [5.41, 5.74) is -0.169. The number of anilines is 1. The summed E-state index contributed by atoms with van der Waals surface area (Å²) in [6.07, 6.45) is 0.833. The molecule has 2 nitrogen and oxygen atoms in total. The number of thiophene rings is 1. The summed E-state index contributed by atoms with van der Waals surface area (Å²) in [5.74, 6) is -1.75. The molecule has 0 saturated heterocycles. The topological polar surface area (TPSA) is 29.1 Å². The number of aryl methyl sites for hydroxylation is 1. The summed E-state index contributed by atoms with van der Waals surface area (Å²) in [4.78, 5) is 13.4. The van der Waals surface area contributed by atoms with E-state index >= 15 is 0 Å². The number of nitrogens with one attached hydrogen (secondary N) is 1.